The predicted molar refractivity (Wildman–Crippen MR) is 124 cm³/mol. The van der Waals surface area contributed by atoms with Gasteiger partial charge in [-0.1, -0.05) is 0 Å². The van der Waals surface area contributed by atoms with Gasteiger partial charge in [-0.15, -0.1) is 0 Å². The van der Waals surface area contributed by atoms with E-state index < -0.39 is 0 Å². The molecule has 1 saturated heterocycles. The number of hydrogen-bond donors (Lipinski definition) is 0. The number of ether oxygens (including phenoxy) is 4. The first-order valence-electron chi connectivity index (χ1n) is 11.2. The highest BCUT2D eigenvalue weighted by molar-refractivity contribution is 5.98. The molecule has 0 unspecified atom stereocenters. The Morgan fingerprint density at radius 2 is 1.69 bits per heavy atom. The average Bonchev–Trinajstić information content (AvgIpc) is 2.83. The molecule has 2 aromatic rings. The van der Waals surface area contributed by atoms with Crippen LogP contribution in [0.3, 0.4) is 0 Å². The van der Waals surface area contributed by atoms with E-state index in [1.165, 1.54) is 0 Å². The first-order chi connectivity index (χ1) is 15.5. The van der Waals surface area contributed by atoms with Crippen molar-refractivity contribution in [2.75, 3.05) is 63.9 Å². The van der Waals surface area contributed by atoms with E-state index in [0.717, 1.165) is 24.3 Å². The Kier molecular flexibility index (Phi) is 7.82. The fourth-order valence-corrected chi connectivity index (χ4v) is 4.18. The van der Waals surface area contributed by atoms with Crippen molar-refractivity contribution in [3.63, 3.8) is 0 Å². The third kappa shape index (κ3) is 4.47. The monoisotopic (exact) mass is 446 g/mol. The molecule has 0 N–H and O–H groups in total. The van der Waals surface area contributed by atoms with Gasteiger partial charge in [0.2, 0.25) is 11.7 Å². The SMILES string of the molecule is CCOC(=O)C1CCN(c2nc(N(CC)CC)c3cc(OC)c(OC)c(OC)c3n2)CC1. The Morgan fingerprint density at radius 1 is 1.03 bits per heavy atom. The van der Waals surface area contributed by atoms with Crippen LogP contribution in [-0.2, 0) is 9.53 Å². The summed E-state index contributed by atoms with van der Waals surface area (Å²) < 4.78 is 22.1. The summed E-state index contributed by atoms with van der Waals surface area (Å²) in [5.74, 6) is 2.83. The number of hydrogen-bond acceptors (Lipinski definition) is 9. The summed E-state index contributed by atoms with van der Waals surface area (Å²) in [6, 6.07) is 1.90. The molecule has 9 heteroatoms. The summed E-state index contributed by atoms with van der Waals surface area (Å²) >= 11 is 0. The quantitative estimate of drug-likeness (QED) is 0.539. The van der Waals surface area contributed by atoms with Crippen molar-refractivity contribution in [1.82, 2.24) is 9.97 Å². The number of anilines is 2. The lowest BCUT2D eigenvalue weighted by Crippen LogP contribution is -2.38. The molecule has 1 fully saturated rings. The minimum absolute atomic E-state index is 0.0761. The maximum absolute atomic E-state index is 12.1. The molecule has 0 saturated carbocycles. The number of benzene rings is 1. The molecule has 32 heavy (non-hydrogen) atoms. The topological polar surface area (TPSA) is 86.3 Å². The minimum atomic E-state index is -0.117. The summed E-state index contributed by atoms with van der Waals surface area (Å²) in [7, 11) is 4.78. The molecule has 3 rings (SSSR count). The van der Waals surface area contributed by atoms with Crippen LogP contribution in [0.1, 0.15) is 33.6 Å². The molecule has 0 atom stereocenters. The van der Waals surface area contributed by atoms with Gasteiger partial charge >= 0.3 is 5.97 Å². The number of rotatable bonds is 9. The van der Waals surface area contributed by atoms with Crippen molar-refractivity contribution < 1.29 is 23.7 Å². The van der Waals surface area contributed by atoms with Crippen LogP contribution in [0.2, 0.25) is 0 Å². The number of carbonyl (C=O) groups is 1. The van der Waals surface area contributed by atoms with Crippen molar-refractivity contribution in [2.24, 2.45) is 5.92 Å². The van der Waals surface area contributed by atoms with Gasteiger partial charge in [0.1, 0.15) is 11.3 Å². The lowest BCUT2D eigenvalue weighted by atomic mass is 9.97. The summed E-state index contributed by atoms with van der Waals surface area (Å²) in [5, 5.41) is 0.841. The maximum Gasteiger partial charge on any atom is 0.309 e. The summed E-state index contributed by atoms with van der Waals surface area (Å²) in [5.41, 5.74) is 0.671. The molecule has 0 amide bonds. The lowest BCUT2D eigenvalue weighted by molar-refractivity contribution is -0.148. The molecule has 1 aliphatic rings. The van der Waals surface area contributed by atoms with Gasteiger partial charge < -0.3 is 28.7 Å². The Balaban J connectivity index is 2.09. The van der Waals surface area contributed by atoms with Gasteiger partial charge in [0.05, 0.1) is 39.2 Å². The van der Waals surface area contributed by atoms with E-state index in [2.05, 4.69) is 23.6 Å². The molecular formula is C23H34N4O5. The molecule has 0 bridgehead atoms. The van der Waals surface area contributed by atoms with Crippen molar-refractivity contribution in [2.45, 2.75) is 33.6 Å². The van der Waals surface area contributed by atoms with Gasteiger partial charge in [0, 0.05) is 26.2 Å². The van der Waals surface area contributed by atoms with Crippen LogP contribution in [0.4, 0.5) is 11.8 Å². The zero-order valence-electron chi connectivity index (χ0n) is 19.9. The van der Waals surface area contributed by atoms with Crippen molar-refractivity contribution >= 4 is 28.6 Å². The summed E-state index contributed by atoms with van der Waals surface area (Å²) in [6.07, 6.45) is 1.42. The smallest absolute Gasteiger partial charge is 0.309 e. The maximum atomic E-state index is 12.1. The van der Waals surface area contributed by atoms with Gasteiger partial charge in [0.25, 0.3) is 0 Å². The molecule has 9 nitrogen and oxygen atoms in total. The fraction of sp³-hybridized carbons (Fsp3) is 0.609. The third-order valence-electron chi connectivity index (χ3n) is 5.92. The summed E-state index contributed by atoms with van der Waals surface area (Å²) in [6.45, 7) is 9.39. The van der Waals surface area contributed by atoms with Gasteiger partial charge in [-0.3, -0.25) is 4.79 Å². The van der Waals surface area contributed by atoms with Gasteiger partial charge in [-0.2, -0.15) is 4.98 Å². The molecule has 176 valence electrons. The largest absolute Gasteiger partial charge is 0.493 e. The van der Waals surface area contributed by atoms with E-state index >= 15 is 0 Å². The standard InChI is InChI=1S/C23H34N4O5/c1-7-26(8-2)21-16-14-17(29-4)19(30-5)20(31-6)18(16)24-23(25-21)27-12-10-15(11-13-27)22(28)32-9-3/h14-15H,7-13H2,1-6H3. The predicted octanol–water partition coefficient (Wildman–Crippen LogP) is 3.28. The first-order valence-corrected chi connectivity index (χ1v) is 11.2. The molecule has 0 radical (unpaired) electrons. The van der Waals surface area contributed by atoms with Crippen LogP contribution in [-0.4, -0.2) is 70.1 Å². The van der Waals surface area contributed by atoms with E-state index in [1.54, 1.807) is 21.3 Å². The van der Waals surface area contributed by atoms with Crippen LogP contribution >= 0.6 is 0 Å². The second-order valence-electron chi connectivity index (χ2n) is 7.57. The van der Waals surface area contributed by atoms with E-state index in [0.29, 0.717) is 61.3 Å². The molecule has 1 aromatic carbocycles. The third-order valence-corrected chi connectivity index (χ3v) is 5.92. The molecule has 1 aliphatic heterocycles. The molecule has 0 spiro atoms. The highest BCUT2D eigenvalue weighted by Crippen LogP contribution is 2.45. The molecule has 2 heterocycles. The number of aromatic nitrogens is 2. The highest BCUT2D eigenvalue weighted by atomic mass is 16.5. The van der Waals surface area contributed by atoms with Crippen molar-refractivity contribution in [1.29, 1.82) is 0 Å². The van der Waals surface area contributed by atoms with Crippen LogP contribution in [0.25, 0.3) is 10.9 Å². The number of methoxy groups -OCH3 is 3. The Hall–Kier alpha value is -2.97. The van der Waals surface area contributed by atoms with Crippen molar-refractivity contribution in [3.05, 3.63) is 6.07 Å². The van der Waals surface area contributed by atoms with Crippen LogP contribution in [0.5, 0.6) is 17.2 Å². The minimum Gasteiger partial charge on any atom is -0.493 e. The number of nitrogens with zero attached hydrogens (tertiary/aromatic N) is 4. The zero-order chi connectivity index (χ0) is 23.3. The van der Waals surface area contributed by atoms with E-state index in [4.69, 9.17) is 28.9 Å². The van der Waals surface area contributed by atoms with E-state index in [1.807, 2.05) is 13.0 Å². The Morgan fingerprint density at radius 3 is 2.22 bits per heavy atom. The summed E-state index contributed by atoms with van der Waals surface area (Å²) in [4.78, 5) is 26.3. The number of carbonyl (C=O) groups excluding carboxylic acids is 1. The first kappa shape index (κ1) is 23.7. The van der Waals surface area contributed by atoms with Crippen molar-refractivity contribution in [3.8, 4) is 17.2 Å². The normalized spacial score (nSPS) is 14.4. The molecule has 1 aromatic heterocycles. The number of fused-ring (bicyclic) bond motifs is 1. The zero-order valence-corrected chi connectivity index (χ0v) is 19.9. The molecular weight excluding hydrogens is 412 g/mol. The Labute approximate surface area is 189 Å². The van der Waals surface area contributed by atoms with Gasteiger partial charge in [-0.25, -0.2) is 4.98 Å². The average molecular weight is 447 g/mol. The van der Waals surface area contributed by atoms with Crippen LogP contribution < -0.4 is 24.0 Å². The lowest BCUT2D eigenvalue weighted by Gasteiger charge is -2.32. The number of esters is 1. The Bertz CT molecular complexity index is 940. The van der Waals surface area contributed by atoms with Gasteiger partial charge in [0.15, 0.2) is 11.5 Å². The molecule has 0 aliphatic carbocycles. The second kappa shape index (κ2) is 10.6. The van der Waals surface area contributed by atoms with Gasteiger partial charge in [-0.05, 0) is 39.7 Å². The van der Waals surface area contributed by atoms with E-state index in [9.17, 15) is 4.79 Å². The fourth-order valence-electron chi connectivity index (χ4n) is 4.18. The highest BCUT2D eigenvalue weighted by Gasteiger charge is 2.29. The van der Waals surface area contributed by atoms with Crippen LogP contribution in [0.15, 0.2) is 6.07 Å². The number of piperidine rings is 1. The van der Waals surface area contributed by atoms with Crippen LogP contribution in [0, 0.1) is 5.92 Å². The second-order valence-corrected chi connectivity index (χ2v) is 7.57. The van der Waals surface area contributed by atoms with E-state index in [-0.39, 0.29) is 11.9 Å².